The summed E-state index contributed by atoms with van der Waals surface area (Å²) >= 11 is 0. The van der Waals surface area contributed by atoms with Crippen molar-refractivity contribution in [2.45, 2.75) is 381 Å². The molecule has 0 rings (SSSR count). The van der Waals surface area contributed by atoms with Gasteiger partial charge in [-0.25, -0.2) is 9.13 Å². The molecule has 6 atom stereocenters. The normalized spacial score (nSPS) is 14.5. The number of rotatable bonds is 72. The van der Waals surface area contributed by atoms with Crippen molar-refractivity contribution in [3.05, 3.63) is 24.3 Å². The number of phosphoric acid groups is 2. The predicted molar refractivity (Wildman–Crippen MR) is 386 cm³/mol. The maximum atomic E-state index is 13.1. The van der Waals surface area contributed by atoms with E-state index < -0.39 is 97.5 Å². The zero-order chi connectivity index (χ0) is 70.1. The second kappa shape index (κ2) is 66.1. The largest absolute Gasteiger partial charge is 0.472 e. The molecule has 0 heterocycles. The molecular weight excluding hydrogens is 1250 g/mol. The third-order valence-electron chi connectivity index (χ3n) is 17.4. The number of carbonyl (C=O) groups excluding carboxylic acids is 4. The molecule has 0 aliphatic rings. The van der Waals surface area contributed by atoms with Crippen molar-refractivity contribution in [1.29, 1.82) is 0 Å². The summed E-state index contributed by atoms with van der Waals surface area (Å²) in [7, 11) is -9.92. The van der Waals surface area contributed by atoms with Crippen molar-refractivity contribution >= 4 is 39.5 Å². The van der Waals surface area contributed by atoms with E-state index in [1.165, 1.54) is 154 Å². The lowest BCUT2D eigenvalue weighted by molar-refractivity contribution is -0.161. The van der Waals surface area contributed by atoms with Crippen molar-refractivity contribution in [1.82, 2.24) is 0 Å². The number of ether oxygens (including phenoxy) is 4. The average Bonchev–Trinajstić information content (AvgIpc) is 1.60. The van der Waals surface area contributed by atoms with Crippen molar-refractivity contribution in [3.8, 4) is 0 Å². The second-order valence-electron chi connectivity index (χ2n) is 27.9. The molecule has 0 aliphatic heterocycles. The molecule has 0 bridgehead atoms. The first-order chi connectivity index (χ1) is 45.8. The van der Waals surface area contributed by atoms with Crippen molar-refractivity contribution in [3.63, 3.8) is 0 Å². The Kier molecular flexibility index (Phi) is 64.4. The van der Waals surface area contributed by atoms with E-state index in [1.54, 1.807) is 0 Å². The molecule has 560 valence electrons. The van der Waals surface area contributed by atoms with Crippen LogP contribution in [0.15, 0.2) is 24.3 Å². The number of esters is 4. The van der Waals surface area contributed by atoms with Crippen LogP contribution in [0.4, 0.5) is 0 Å². The zero-order valence-electron chi connectivity index (χ0n) is 61.6. The van der Waals surface area contributed by atoms with Gasteiger partial charge in [0, 0.05) is 25.7 Å². The Bertz CT molecular complexity index is 1950. The van der Waals surface area contributed by atoms with Gasteiger partial charge in [0.2, 0.25) is 0 Å². The fraction of sp³-hybridized carbons (Fsp3) is 0.895. The van der Waals surface area contributed by atoms with Gasteiger partial charge in [-0.3, -0.25) is 37.3 Å². The predicted octanol–water partition coefficient (Wildman–Crippen LogP) is 21.7. The molecule has 0 aromatic rings. The van der Waals surface area contributed by atoms with Gasteiger partial charge in [0.25, 0.3) is 0 Å². The van der Waals surface area contributed by atoms with Crippen LogP contribution in [0.5, 0.6) is 0 Å². The summed E-state index contributed by atoms with van der Waals surface area (Å²) in [5.74, 6) is 0.117. The summed E-state index contributed by atoms with van der Waals surface area (Å²) in [6, 6.07) is 0. The van der Waals surface area contributed by atoms with E-state index in [0.717, 1.165) is 127 Å². The number of carbonyl (C=O) groups is 4. The van der Waals surface area contributed by atoms with Crippen LogP contribution in [-0.4, -0.2) is 96.7 Å². The highest BCUT2D eigenvalue weighted by Gasteiger charge is 2.30. The Balaban J connectivity index is 5.26. The topological polar surface area (TPSA) is 237 Å². The molecule has 0 radical (unpaired) electrons. The van der Waals surface area contributed by atoms with Crippen LogP contribution in [0.1, 0.15) is 363 Å². The molecule has 0 aliphatic carbocycles. The highest BCUT2D eigenvalue weighted by atomic mass is 31.2. The summed E-state index contributed by atoms with van der Waals surface area (Å²) in [6.07, 6.45) is 55.0. The molecule has 3 unspecified atom stereocenters. The molecule has 0 saturated carbocycles. The van der Waals surface area contributed by atoms with E-state index in [0.29, 0.717) is 25.7 Å². The Morgan fingerprint density at radius 2 is 0.621 bits per heavy atom. The lowest BCUT2D eigenvalue weighted by Crippen LogP contribution is -2.30. The highest BCUT2D eigenvalue weighted by Crippen LogP contribution is 2.45. The van der Waals surface area contributed by atoms with Crippen LogP contribution >= 0.6 is 15.6 Å². The lowest BCUT2D eigenvalue weighted by atomic mass is 10.00. The van der Waals surface area contributed by atoms with Gasteiger partial charge in [0.15, 0.2) is 12.2 Å². The Labute approximate surface area is 580 Å². The Morgan fingerprint density at radius 3 is 0.937 bits per heavy atom. The summed E-state index contributed by atoms with van der Waals surface area (Å²) < 4.78 is 68.4. The van der Waals surface area contributed by atoms with Gasteiger partial charge < -0.3 is 33.8 Å². The van der Waals surface area contributed by atoms with Crippen molar-refractivity contribution in [2.75, 3.05) is 39.6 Å². The minimum absolute atomic E-state index is 0.0838. The first-order valence-corrected chi connectivity index (χ1v) is 41.7. The Morgan fingerprint density at radius 1 is 0.347 bits per heavy atom. The van der Waals surface area contributed by atoms with Gasteiger partial charge in [-0.15, -0.1) is 0 Å². The van der Waals surface area contributed by atoms with E-state index in [-0.39, 0.29) is 25.7 Å². The number of allylic oxidation sites excluding steroid dienone is 4. The molecule has 19 heteroatoms. The second-order valence-corrected chi connectivity index (χ2v) is 30.8. The summed E-state index contributed by atoms with van der Waals surface area (Å²) in [6.45, 7) is 11.8. The number of hydrogen-bond donors (Lipinski definition) is 3. The van der Waals surface area contributed by atoms with Crippen LogP contribution < -0.4 is 0 Å². The molecule has 0 aromatic heterocycles. The SMILES string of the molecule is CCCCCC/C=C\C=C/CCCCCCCC(=O)O[C@H](COC(=O)CCCCCCCCC(C)CC)COP(=O)(O)OC[C@H](O)COP(=O)(O)OC[C@@H](COC(=O)CCCCCCCCCCCCCCCCCC(C)C)OC(=O)CCCCCCCCCCCC(C)C. The average molecular weight is 1390 g/mol. The fourth-order valence-electron chi connectivity index (χ4n) is 11.0. The smallest absolute Gasteiger partial charge is 0.462 e. The molecule has 0 aromatic carbocycles. The molecule has 0 spiro atoms. The van der Waals surface area contributed by atoms with Crippen molar-refractivity contribution < 1.29 is 80.2 Å². The third kappa shape index (κ3) is 68.5. The first-order valence-electron chi connectivity index (χ1n) is 38.7. The molecule has 0 saturated heterocycles. The van der Waals surface area contributed by atoms with Crippen LogP contribution in [0.3, 0.4) is 0 Å². The van der Waals surface area contributed by atoms with Crippen LogP contribution in [0.25, 0.3) is 0 Å². The minimum atomic E-state index is -4.96. The van der Waals surface area contributed by atoms with Gasteiger partial charge in [0.1, 0.15) is 19.3 Å². The van der Waals surface area contributed by atoms with E-state index in [4.69, 9.17) is 37.0 Å². The first kappa shape index (κ1) is 92.5. The number of hydrogen-bond acceptors (Lipinski definition) is 15. The van der Waals surface area contributed by atoms with Crippen LogP contribution in [0.2, 0.25) is 0 Å². The monoisotopic (exact) mass is 1390 g/mol. The van der Waals surface area contributed by atoms with Gasteiger partial charge in [-0.2, -0.15) is 0 Å². The van der Waals surface area contributed by atoms with Gasteiger partial charge >= 0.3 is 39.5 Å². The summed E-state index contributed by atoms with van der Waals surface area (Å²) in [5.41, 5.74) is 0. The number of aliphatic hydroxyl groups is 1. The van der Waals surface area contributed by atoms with Crippen molar-refractivity contribution in [2.24, 2.45) is 17.8 Å². The molecule has 3 N–H and O–H groups in total. The fourth-order valence-corrected chi connectivity index (χ4v) is 12.6. The van der Waals surface area contributed by atoms with E-state index in [2.05, 4.69) is 72.8 Å². The molecule has 0 fully saturated rings. The lowest BCUT2D eigenvalue weighted by Gasteiger charge is -2.21. The van der Waals surface area contributed by atoms with E-state index >= 15 is 0 Å². The third-order valence-corrected chi connectivity index (χ3v) is 19.3. The highest BCUT2D eigenvalue weighted by molar-refractivity contribution is 7.47. The van der Waals surface area contributed by atoms with Crippen LogP contribution in [-0.2, 0) is 65.4 Å². The maximum Gasteiger partial charge on any atom is 0.472 e. The quantitative estimate of drug-likeness (QED) is 0.0169. The summed E-state index contributed by atoms with van der Waals surface area (Å²) in [5, 5.41) is 10.6. The molecule has 17 nitrogen and oxygen atoms in total. The molecular formula is C76H144O17P2. The number of phosphoric ester groups is 2. The zero-order valence-corrected chi connectivity index (χ0v) is 63.4. The van der Waals surface area contributed by atoms with E-state index in [9.17, 15) is 43.2 Å². The summed E-state index contributed by atoms with van der Waals surface area (Å²) in [4.78, 5) is 72.8. The van der Waals surface area contributed by atoms with Gasteiger partial charge in [-0.1, -0.05) is 310 Å². The minimum Gasteiger partial charge on any atom is -0.462 e. The maximum absolute atomic E-state index is 13.1. The van der Waals surface area contributed by atoms with Gasteiger partial charge in [-0.05, 0) is 69.1 Å². The standard InChI is InChI=1S/C76H144O17P2/c1-8-10-11-12-13-14-15-16-18-23-26-31-36-45-52-59-75(80)93-72(64-87-74(79)58-51-44-39-38-42-49-56-69(7)9-2)66-91-95(84,85)89-62-70(77)61-88-94(82,83)90-65-71(92-76(81)60-53-46-37-32-27-29-34-41-48-55-68(5)6)63-86-73(78)57-50-43-35-30-25-22-20-17-19-21-24-28-33-40-47-54-67(3)4/h14-16,18,67-72,77H,8-13,17,19-66H2,1-7H3,(H,82,83)(H,84,85)/b15-14-,18-16-/t69?,70-,71-,72-/m1/s1. The van der Waals surface area contributed by atoms with Gasteiger partial charge in [0.05, 0.1) is 26.4 Å². The number of unbranched alkanes of at least 4 members (excludes halogenated alkanes) is 36. The molecule has 95 heavy (non-hydrogen) atoms. The Hall–Kier alpha value is -2.46. The van der Waals surface area contributed by atoms with Crippen LogP contribution in [0, 0.1) is 17.8 Å². The number of aliphatic hydroxyl groups excluding tert-OH is 1. The molecule has 0 amide bonds. The van der Waals surface area contributed by atoms with E-state index in [1.807, 2.05) is 0 Å².